The van der Waals surface area contributed by atoms with Crippen LogP contribution in [0.1, 0.15) is 24.0 Å². The Morgan fingerprint density at radius 1 is 1.21 bits per heavy atom. The maximum Gasteiger partial charge on any atom is 0.260 e. The van der Waals surface area contributed by atoms with Crippen molar-refractivity contribution in [2.45, 2.75) is 32.7 Å². The van der Waals surface area contributed by atoms with Crippen LogP contribution in [0.15, 0.2) is 18.2 Å². The highest BCUT2D eigenvalue weighted by Gasteiger charge is 2.24. The van der Waals surface area contributed by atoms with Crippen LogP contribution in [-0.4, -0.2) is 56.2 Å². The van der Waals surface area contributed by atoms with E-state index in [9.17, 15) is 9.59 Å². The van der Waals surface area contributed by atoms with Gasteiger partial charge in [-0.2, -0.15) is 0 Å². The molecule has 0 aliphatic carbocycles. The summed E-state index contributed by atoms with van der Waals surface area (Å²) in [5, 5.41) is 2.92. The summed E-state index contributed by atoms with van der Waals surface area (Å²) >= 11 is 0. The Kier molecular flexibility index (Phi) is 6.61. The largest absolute Gasteiger partial charge is 0.484 e. The molecule has 132 valence electrons. The van der Waals surface area contributed by atoms with Crippen molar-refractivity contribution in [1.29, 1.82) is 0 Å². The summed E-state index contributed by atoms with van der Waals surface area (Å²) in [5.41, 5.74) is 2.20. The molecule has 0 bridgehead atoms. The van der Waals surface area contributed by atoms with Crippen LogP contribution in [0.2, 0.25) is 0 Å². The van der Waals surface area contributed by atoms with E-state index in [2.05, 4.69) is 5.32 Å². The standard InChI is InChI=1S/C18H26N2O4/c1-13-4-5-16(14(2)10-13)24-12-18(22)20-8-6-15(7-9-20)19-17(21)11-23-3/h4-5,10,15H,6-9,11-12H2,1-3H3,(H,19,21). The number of nitrogens with one attached hydrogen (secondary N) is 1. The molecule has 0 atom stereocenters. The topological polar surface area (TPSA) is 67.9 Å². The molecule has 2 rings (SSSR count). The van der Waals surface area contributed by atoms with E-state index in [-0.39, 0.29) is 31.1 Å². The quantitative estimate of drug-likeness (QED) is 0.855. The predicted octanol–water partition coefficient (Wildman–Crippen LogP) is 1.44. The second-order valence-corrected chi connectivity index (χ2v) is 6.21. The van der Waals surface area contributed by atoms with Gasteiger partial charge < -0.3 is 19.7 Å². The minimum absolute atomic E-state index is 0.0170. The van der Waals surface area contributed by atoms with Crippen molar-refractivity contribution in [3.05, 3.63) is 29.3 Å². The molecule has 1 saturated heterocycles. The number of piperidine rings is 1. The van der Waals surface area contributed by atoms with Gasteiger partial charge >= 0.3 is 0 Å². The van der Waals surface area contributed by atoms with Crippen LogP contribution >= 0.6 is 0 Å². The number of methoxy groups -OCH3 is 1. The van der Waals surface area contributed by atoms with Gasteiger partial charge in [0.05, 0.1) is 0 Å². The highest BCUT2D eigenvalue weighted by Crippen LogP contribution is 2.19. The third-order valence-corrected chi connectivity index (χ3v) is 4.17. The van der Waals surface area contributed by atoms with Gasteiger partial charge in [0.15, 0.2) is 6.61 Å². The molecule has 1 N–H and O–H groups in total. The van der Waals surface area contributed by atoms with E-state index in [4.69, 9.17) is 9.47 Å². The monoisotopic (exact) mass is 334 g/mol. The molecule has 6 heteroatoms. The predicted molar refractivity (Wildman–Crippen MR) is 91.0 cm³/mol. The second kappa shape index (κ2) is 8.68. The highest BCUT2D eigenvalue weighted by atomic mass is 16.5. The number of amides is 2. The van der Waals surface area contributed by atoms with Gasteiger partial charge in [0.25, 0.3) is 5.91 Å². The Morgan fingerprint density at radius 2 is 1.92 bits per heavy atom. The van der Waals surface area contributed by atoms with Crippen molar-refractivity contribution in [2.75, 3.05) is 33.4 Å². The first-order valence-corrected chi connectivity index (χ1v) is 8.25. The molecule has 0 aromatic heterocycles. The van der Waals surface area contributed by atoms with Gasteiger partial charge in [-0.1, -0.05) is 17.7 Å². The Bertz CT molecular complexity index is 580. The van der Waals surface area contributed by atoms with Crippen molar-refractivity contribution in [1.82, 2.24) is 10.2 Å². The van der Waals surface area contributed by atoms with Gasteiger partial charge in [-0.3, -0.25) is 9.59 Å². The third kappa shape index (κ3) is 5.23. The molecule has 1 aromatic rings. The van der Waals surface area contributed by atoms with Gasteiger partial charge in [0.1, 0.15) is 12.4 Å². The zero-order valence-corrected chi connectivity index (χ0v) is 14.6. The van der Waals surface area contributed by atoms with Crippen LogP contribution in [0.25, 0.3) is 0 Å². The van der Waals surface area contributed by atoms with Gasteiger partial charge in [0.2, 0.25) is 5.91 Å². The van der Waals surface area contributed by atoms with Gasteiger partial charge in [-0.15, -0.1) is 0 Å². The van der Waals surface area contributed by atoms with E-state index in [0.29, 0.717) is 13.1 Å². The summed E-state index contributed by atoms with van der Waals surface area (Å²) in [7, 11) is 1.50. The Labute approximate surface area is 143 Å². The number of hydrogen-bond donors (Lipinski definition) is 1. The van der Waals surface area contributed by atoms with Crippen LogP contribution in [0.5, 0.6) is 5.75 Å². The van der Waals surface area contributed by atoms with Crippen molar-refractivity contribution < 1.29 is 19.1 Å². The van der Waals surface area contributed by atoms with E-state index in [1.54, 1.807) is 4.90 Å². The summed E-state index contributed by atoms with van der Waals surface area (Å²) in [5.74, 6) is 0.618. The zero-order valence-electron chi connectivity index (χ0n) is 14.6. The Balaban J connectivity index is 1.75. The number of rotatable bonds is 6. The third-order valence-electron chi connectivity index (χ3n) is 4.17. The van der Waals surface area contributed by atoms with Crippen LogP contribution in [0, 0.1) is 13.8 Å². The average Bonchev–Trinajstić information content (AvgIpc) is 2.54. The van der Waals surface area contributed by atoms with Crippen molar-refractivity contribution in [3.8, 4) is 5.75 Å². The first kappa shape index (κ1) is 18.3. The van der Waals surface area contributed by atoms with Gasteiger partial charge in [-0.25, -0.2) is 0 Å². The minimum atomic E-state index is -0.111. The SMILES string of the molecule is COCC(=O)NC1CCN(C(=O)COc2ccc(C)cc2C)CC1. The highest BCUT2D eigenvalue weighted by molar-refractivity contribution is 5.78. The summed E-state index contributed by atoms with van der Waals surface area (Å²) in [6, 6.07) is 6.02. The smallest absolute Gasteiger partial charge is 0.260 e. The Hall–Kier alpha value is -2.08. The van der Waals surface area contributed by atoms with Crippen LogP contribution in [0.4, 0.5) is 0 Å². The van der Waals surface area contributed by atoms with Gasteiger partial charge in [0, 0.05) is 26.2 Å². The lowest BCUT2D eigenvalue weighted by molar-refractivity contribution is -0.134. The molecule has 0 radical (unpaired) electrons. The molecule has 6 nitrogen and oxygen atoms in total. The number of benzene rings is 1. The number of aryl methyl sites for hydroxylation is 2. The molecule has 2 amide bonds. The molecule has 1 aliphatic rings. The molecular formula is C18H26N2O4. The Morgan fingerprint density at radius 3 is 2.54 bits per heavy atom. The van der Waals surface area contributed by atoms with Crippen LogP contribution in [0.3, 0.4) is 0 Å². The van der Waals surface area contributed by atoms with E-state index < -0.39 is 0 Å². The molecular weight excluding hydrogens is 308 g/mol. The van der Waals surface area contributed by atoms with E-state index in [1.165, 1.54) is 12.7 Å². The maximum absolute atomic E-state index is 12.3. The van der Waals surface area contributed by atoms with E-state index in [0.717, 1.165) is 24.2 Å². The fraction of sp³-hybridized carbons (Fsp3) is 0.556. The first-order chi connectivity index (χ1) is 11.5. The molecule has 1 aromatic carbocycles. The van der Waals surface area contributed by atoms with Crippen molar-refractivity contribution in [3.63, 3.8) is 0 Å². The molecule has 1 fully saturated rings. The van der Waals surface area contributed by atoms with Crippen molar-refractivity contribution in [2.24, 2.45) is 0 Å². The molecule has 0 saturated carbocycles. The summed E-state index contributed by atoms with van der Waals surface area (Å²) in [4.78, 5) is 25.6. The molecule has 0 spiro atoms. The number of likely N-dealkylation sites (tertiary alicyclic amines) is 1. The fourth-order valence-electron chi connectivity index (χ4n) is 2.87. The van der Waals surface area contributed by atoms with Gasteiger partial charge in [-0.05, 0) is 38.3 Å². The van der Waals surface area contributed by atoms with Crippen LogP contribution in [-0.2, 0) is 14.3 Å². The molecule has 24 heavy (non-hydrogen) atoms. The summed E-state index contributed by atoms with van der Waals surface area (Å²) < 4.78 is 10.5. The first-order valence-electron chi connectivity index (χ1n) is 8.25. The number of carbonyl (C=O) groups is 2. The maximum atomic E-state index is 12.3. The number of nitrogens with zero attached hydrogens (tertiary/aromatic N) is 1. The lowest BCUT2D eigenvalue weighted by Gasteiger charge is -2.32. The average molecular weight is 334 g/mol. The number of carbonyl (C=O) groups excluding carboxylic acids is 2. The van der Waals surface area contributed by atoms with E-state index >= 15 is 0 Å². The molecule has 1 heterocycles. The molecule has 0 unspecified atom stereocenters. The number of ether oxygens (including phenoxy) is 2. The fourth-order valence-corrected chi connectivity index (χ4v) is 2.87. The minimum Gasteiger partial charge on any atom is -0.484 e. The van der Waals surface area contributed by atoms with Crippen LogP contribution < -0.4 is 10.1 Å². The zero-order chi connectivity index (χ0) is 17.5. The molecule has 1 aliphatic heterocycles. The normalized spacial score (nSPS) is 15.2. The lowest BCUT2D eigenvalue weighted by Crippen LogP contribution is -2.48. The van der Waals surface area contributed by atoms with E-state index in [1.807, 2.05) is 32.0 Å². The number of hydrogen-bond acceptors (Lipinski definition) is 4. The lowest BCUT2D eigenvalue weighted by atomic mass is 10.1. The second-order valence-electron chi connectivity index (χ2n) is 6.21. The summed E-state index contributed by atoms with van der Waals surface area (Å²) in [6.07, 6.45) is 1.51. The van der Waals surface area contributed by atoms with Crippen molar-refractivity contribution >= 4 is 11.8 Å². The summed E-state index contributed by atoms with van der Waals surface area (Å²) in [6.45, 7) is 5.38.